The fraction of sp³-hybridized carbons (Fsp3) is 0.111. The molecule has 4 aromatic heterocycles. The third kappa shape index (κ3) is 3.86. The van der Waals surface area contributed by atoms with E-state index in [4.69, 9.17) is 11.5 Å². The van der Waals surface area contributed by atoms with Crippen LogP contribution in [-0.4, -0.2) is 29.5 Å². The van der Waals surface area contributed by atoms with E-state index in [1.807, 2.05) is 50.5 Å². The third-order valence-corrected chi connectivity index (χ3v) is 3.73. The van der Waals surface area contributed by atoms with Crippen LogP contribution in [-0.2, 0) is 14.1 Å². The van der Waals surface area contributed by atoms with Crippen molar-refractivity contribution in [3.05, 3.63) is 61.2 Å². The molecule has 4 rings (SSSR count). The standard InChI is InChI=1S/2C9H10N4/c1-13-8(5-9(10)12-13)7-3-2-4-11-6-7;1-13-9(10)5-8(12-13)7-3-2-4-11-6-7/h2-6H,1H3,(H2,10,12);2-6H,10H2,1H3. The Balaban J connectivity index is 0.000000151. The number of nitrogens with two attached hydrogens (primary N) is 2. The van der Waals surface area contributed by atoms with Gasteiger partial charge in [0.2, 0.25) is 0 Å². The summed E-state index contributed by atoms with van der Waals surface area (Å²) in [6.07, 6.45) is 7.03. The Labute approximate surface area is 151 Å². The van der Waals surface area contributed by atoms with E-state index in [0.717, 1.165) is 22.5 Å². The highest BCUT2D eigenvalue weighted by molar-refractivity contribution is 5.61. The van der Waals surface area contributed by atoms with Gasteiger partial charge in [0.15, 0.2) is 0 Å². The molecule has 4 aromatic rings. The number of hydrogen-bond acceptors (Lipinski definition) is 6. The molecule has 0 bridgehead atoms. The van der Waals surface area contributed by atoms with Crippen LogP contribution in [0.3, 0.4) is 0 Å². The first-order valence-electron chi connectivity index (χ1n) is 7.94. The van der Waals surface area contributed by atoms with Crippen LogP contribution in [0.15, 0.2) is 61.2 Å². The zero-order valence-electron chi connectivity index (χ0n) is 14.6. The van der Waals surface area contributed by atoms with Crippen LogP contribution in [0, 0.1) is 0 Å². The Hall–Kier alpha value is -3.68. The van der Waals surface area contributed by atoms with Gasteiger partial charge in [-0.3, -0.25) is 19.3 Å². The van der Waals surface area contributed by atoms with E-state index in [1.54, 1.807) is 34.2 Å². The summed E-state index contributed by atoms with van der Waals surface area (Å²) >= 11 is 0. The molecule has 4 heterocycles. The molecule has 0 fully saturated rings. The van der Waals surface area contributed by atoms with Gasteiger partial charge in [0.05, 0.1) is 11.4 Å². The predicted molar refractivity (Wildman–Crippen MR) is 102 cm³/mol. The van der Waals surface area contributed by atoms with Crippen molar-refractivity contribution in [3.63, 3.8) is 0 Å². The zero-order valence-corrected chi connectivity index (χ0v) is 14.6. The summed E-state index contributed by atoms with van der Waals surface area (Å²) in [7, 11) is 3.67. The van der Waals surface area contributed by atoms with Crippen molar-refractivity contribution in [1.82, 2.24) is 29.5 Å². The van der Waals surface area contributed by atoms with Crippen molar-refractivity contribution in [3.8, 4) is 22.5 Å². The van der Waals surface area contributed by atoms with Crippen LogP contribution >= 0.6 is 0 Å². The maximum atomic E-state index is 5.66. The number of rotatable bonds is 2. The van der Waals surface area contributed by atoms with Crippen molar-refractivity contribution in [2.75, 3.05) is 11.5 Å². The van der Waals surface area contributed by atoms with Crippen LogP contribution in [0.4, 0.5) is 11.6 Å². The number of nitrogen functional groups attached to an aromatic ring is 2. The second-order valence-corrected chi connectivity index (χ2v) is 5.64. The fourth-order valence-electron chi connectivity index (χ4n) is 2.41. The molecule has 132 valence electrons. The van der Waals surface area contributed by atoms with Crippen LogP contribution in [0.25, 0.3) is 22.5 Å². The van der Waals surface area contributed by atoms with Crippen molar-refractivity contribution in [1.29, 1.82) is 0 Å². The lowest BCUT2D eigenvalue weighted by atomic mass is 10.2. The molecule has 0 aliphatic heterocycles. The quantitative estimate of drug-likeness (QED) is 0.574. The Morgan fingerprint density at radius 3 is 1.92 bits per heavy atom. The molecule has 26 heavy (non-hydrogen) atoms. The highest BCUT2D eigenvalue weighted by atomic mass is 15.3. The molecule has 0 radical (unpaired) electrons. The van der Waals surface area contributed by atoms with Gasteiger partial charge in [-0.15, -0.1) is 0 Å². The molecule has 4 N–H and O–H groups in total. The molecule has 0 aliphatic carbocycles. The van der Waals surface area contributed by atoms with Gasteiger partial charge in [-0.05, 0) is 24.3 Å². The molecular weight excluding hydrogens is 328 g/mol. The monoisotopic (exact) mass is 348 g/mol. The number of aryl methyl sites for hydroxylation is 2. The number of anilines is 2. The number of nitrogens with zero attached hydrogens (tertiary/aromatic N) is 6. The van der Waals surface area contributed by atoms with Crippen molar-refractivity contribution < 1.29 is 0 Å². The van der Waals surface area contributed by atoms with E-state index in [2.05, 4.69) is 20.2 Å². The van der Waals surface area contributed by atoms with Gasteiger partial charge >= 0.3 is 0 Å². The van der Waals surface area contributed by atoms with E-state index in [9.17, 15) is 0 Å². The lowest BCUT2D eigenvalue weighted by Gasteiger charge is -1.98. The smallest absolute Gasteiger partial charge is 0.146 e. The zero-order chi connectivity index (χ0) is 18.5. The minimum atomic E-state index is 0.529. The maximum Gasteiger partial charge on any atom is 0.146 e. The first-order chi connectivity index (χ1) is 12.5. The minimum Gasteiger partial charge on any atom is -0.384 e. The summed E-state index contributed by atoms with van der Waals surface area (Å²) in [5, 5.41) is 8.29. The average Bonchev–Trinajstić information content (AvgIpc) is 3.18. The highest BCUT2D eigenvalue weighted by Crippen LogP contribution is 2.19. The van der Waals surface area contributed by atoms with Crippen LogP contribution in [0.1, 0.15) is 0 Å². The molecule has 0 unspecified atom stereocenters. The third-order valence-electron chi connectivity index (χ3n) is 3.73. The summed E-state index contributed by atoms with van der Waals surface area (Å²) in [5.41, 5.74) is 15.1. The summed E-state index contributed by atoms with van der Waals surface area (Å²) in [5.74, 6) is 1.18. The van der Waals surface area contributed by atoms with Crippen LogP contribution < -0.4 is 11.5 Å². The molecule has 8 heteroatoms. The number of aromatic nitrogens is 6. The lowest BCUT2D eigenvalue weighted by molar-refractivity contribution is 0.780. The van der Waals surface area contributed by atoms with Gasteiger partial charge in [0.25, 0.3) is 0 Å². The summed E-state index contributed by atoms with van der Waals surface area (Å²) in [4.78, 5) is 8.04. The van der Waals surface area contributed by atoms with Gasteiger partial charge < -0.3 is 11.5 Å². The van der Waals surface area contributed by atoms with Gasteiger partial charge in [0, 0.05) is 62.1 Å². The molecule has 0 aromatic carbocycles. The first-order valence-corrected chi connectivity index (χ1v) is 7.94. The Bertz CT molecular complexity index is 954. The molecule has 0 aliphatic rings. The van der Waals surface area contributed by atoms with Crippen LogP contribution in [0.5, 0.6) is 0 Å². The Morgan fingerprint density at radius 1 is 0.808 bits per heavy atom. The summed E-state index contributed by atoms with van der Waals surface area (Å²) in [6, 6.07) is 11.4. The van der Waals surface area contributed by atoms with E-state index in [-0.39, 0.29) is 0 Å². The highest BCUT2D eigenvalue weighted by Gasteiger charge is 2.04. The van der Waals surface area contributed by atoms with Gasteiger partial charge in [-0.1, -0.05) is 0 Å². The Kier molecular flexibility index (Phi) is 4.93. The molecule has 0 saturated heterocycles. The van der Waals surface area contributed by atoms with Crippen LogP contribution in [0.2, 0.25) is 0 Å². The van der Waals surface area contributed by atoms with E-state index >= 15 is 0 Å². The molecule has 8 nitrogen and oxygen atoms in total. The second-order valence-electron chi connectivity index (χ2n) is 5.64. The summed E-state index contributed by atoms with van der Waals surface area (Å²) in [6.45, 7) is 0. The molecular formula is C18H20N8. The largest absolute Gasteiger partial charge is 0.384 e. The summed E-state index contributed by atoms with van der Waals surface area (Å²) < 4.78 is 3.38. The van der Waals surface area contributed by atoms with Crippen molar-refractivity contribution >= 4 is 11.6 Å². The van der Waals surface area contributed by atoms with Crippen molar-refractivity contribution in [2.24, 2.45) is 14.1 Å². The Morgan fingerprint density at radius 2 is 1.46 bits per heavy atom. The van der Waals surface area contributed by atoms with Gasteiger partial charge in [-0.2, -0.15) is 10.2 Å². The number of pyridine rings is 2. The normalized spacial score (nSPS) is 10.2. The van der Waals surface area contributed by atoms with Gasteiger partial charge in [-0.25, -0.2) is 0 Å². The number of hydrogen-bond donors (Lipinski definition) is 2. The van der Waals surface area contributed by atoms with E-state index in [1.165, 1.54) is 0 Å². The van der Waals surface area contributed by atoms with Gasteiger partial charge in [0.1, 0.15) is 11.6 Å². The average molecular weight is 348 g/mol. The van der Waals surface area contributed by atoms with E-state index < -0.39 is 0 Å². The van der Waals surface area contributed by atoms with E-state index in [0.29, 0.717) is 11.6 Å². The van der Waals surface area contributed by atoms with Crippen molar-refractivity contribution in [2.45, 2.75) is 0 Å². The SMILES string of the molecule is Cn1nc(-c2cccnc2)cc1N.Cn1nc(N)cc1-c1cccnc1. The molecule has 0 saturated carbocycles. The minimum absolute atomic E-state index is 0.529. The predicted octanol–water partition coefficient (Wildman–Crippen LogP) is 2.13. The lowest BCUT2D eigenvalue weighted by Crippen LogP contribution is -1.96. The molecule has 0 amide bonds. The fourth-order valence-corrected chi connectivity index (χ4v) is 2.41. The first kappa shape index (κ1) is 17.2. The molecule has 0 spiro atoms. The maximum absolute atomic E-state index is 5.66. The second kappa shape index (κ2) is 7.47. The molecule has 0 atom stereocenters. The topological polar surface area (TPSA) is 113 Å².